The lowest BCUT2D eigenvalue weighted by Gasteiger charge is -2.30. The summed E-state index contributed by atoms with van der Waals surface area (Å²) in [5.41, 5.74) is 0. The molecule has 0 bridgehead atoms. The Morgan fingerprint density at radius 1 is 0.893 bits per heavy atom. The van der Waals surface area contributed by atoms with Crippen LogP contribution in [0.25, 0.3) is 10.8 Å². The summed E-state index contributed by atoms with van der Waals surface area (Å²) in [6, 6.07) is 16.0. The molecule has 0 saturated carbocycles. The minimum atomic E-state index is -3.65. The number of nitrogens with zero attached hydrogens (tertiary/aromatic N) is 1. The summed E-state index contributed by atoms with van der Waals surface area (Å²) in [6.07, 6.45) is 2.02. The number of sulfonamides is 1. The van der Waals surface area contributed by atoms with Gasteiger partial charge in [0.05, 0.1) is 16.4 Å². The van der Waals surface area contributed by atoms with Crippen LogP contribution < -0.4 is 0 Å². The molecule has 28 heavy (non-hydrogen) atoms. The molecule has 1 aliphatic heterocycles. The number of rotatable bonds is 5. The van der Waals surface area contributed by atoms with E-state index < -0.39 is 25.1 Å². The van der Waals surface area contributed by atoms with Gasteiger partial charge in [0.2, 0.25) is 10.0 Å². The minimum absolute atomic E-state index is 0.151. The summed E-state index contributed by atoms with van der Waals surface area (Å²) in [7, 11) is -7.04. The molecule has 1 aliphatic rings. The molecule has 2 aromatic carbocycles. The molecule has 0 aliphatic carbocycles. The Kier molecular flexibility index (Phi) is 5.03. The first-order valence-corrected chi connectivity index (χ1v) is 12.2. The second-order valence-corrected chi connectivity index (χ2v) is 11.2. The third-order valence-corrected chi connectivity index (χ3v) is 9.26. The first-order valence-electron chi connectivity index (χ1n) is 9.09. The van der Waals surface area contributed by atoms with E-state index in [-0.39, 0.29) is 36.6 Å². The first-order chi connectivity index (χ1) is 13.4. The van der Waals surface area contributed by atoms with Crippen molar-refractivity contribution in [3.05, 3.63) is 66.6 Å². The fourth-order valence-corrected chi connectivity index (χ4v) is 6.85. The molecule has 1 aromatic heterocycles. The average Bonchev–Trinajstić information content (AvgIpc) is 3.20. The molecule has 0 amide bonds. The summed E-state index contributed by atoms with van der Waals surface area (Å²) < 4.78 is 57.7. The van der Waals surface area contributed by atoms with Crippen molar-refractivity contribution in [2.75, 3.05) is 13.1 Å². The van der Waals surface area contributed by atoms with Gasteiger partial charge >= 0.3 is 0 Å². The lowest BCUT2D eigenvalue weighted by atomic mass is 10.1. The molecular weight excluding hydrogens is 398 g/mol. The maximum atomic E-state index is 13.0. The van der Waals surface area contributed by atoms with Gasteiger partial charge in [0.1, 0.15) is 11.5 Å². The van der Waals surface area contributed by atoms with Crippen LogP contribution in [0.15, 0.2) is 70.2 Å². The Hall–Kier alpha value is -2.16. The summed E-state index contributed by atoms with van der Waals surface area (Å²) in [6.45, 7) is 0.383. The topological polar surface area (TPSA) is 84.7 Å². The van der Waals surface area contributed by atoms with Crippen molar-refractivity contribution >= 4 is 30.6 Å². The van der Waals surface area contributed by atoms with Gasteiger partial charge in [-0.3, -0.25) is 0 Å². The van der Waals surface area contributed by atoms with Gasteiger partial charge in [-0.05, 0) is 47.9 Å². The summed E-state index contributed by atoms with van der Waals surface area (Å²) in [5, 5.41) is 1.28. The molecule has 8 heteroatoms. The third kappa shape index (κ3) is 3.72. The van der Waals surface area contributed by atoms with Crippen LogP contribution in [0.2, 0.25) is 0 Å². The quantitative estimate of drug-likeness (QED) is 0.634. The molecule has 2 heterocycles. The highest BCUT2D eigenvalue weighted by atomic mass is 32.2. The second-order valence-electron chi connectivity index (χ2n) is 7.00. The molecule has 1 saturated heterocycles. The number of benzene rings is 2. The molecule has 0 radical (unpaired) electrons. The average molecular weight is 420 g/mol. The van der Waals surface area contributed by atoms with E-state index in [0.717, 1.165) is 10.8 Å². The van der Waals surface area contributed by atoms with Gasteiger partial charge < -0.3 is 4.42 Å². The molecule has 148 valence electrons. The van der Waals surface area contributed by atoms with Crippen LogP contribution in [0.5, 0.6) is 0 Å². The van der Waals surface area contributed by atoms with Crippen LogP contribution in [-0.4, -0.2) is 39.5 Å². The number of hydrogen-bond acceptors (Lipinski definition) is 5. The molecule has 6 nitrogen and oxygen atoms in total. The van der Waals surface area contributed by atoms with Gasteiger partial charge in [-0.15, -0.1) is 0 Å². The van der Waals surface area contributed by atoms with E-state index in [1.54, 1.807) is 30.3 Å². The smallest absolute Gasteiger partial charge is 0.243 e. The second kappa shape index (κ2) is 7.35. The van der Waals surface area contributed by atoms with Gasteiger partial charge in [-0.2, -0.15) is 4.31 Å². The maximum absolute atomic E-state index is 13.0. The summed E-state index contributed by atoms with van der Waals surface area (Å²) in [4.78, 5) is 0.239. The number of fused-ring (bicyclic) bond motifs is 1. The zero-order valence-electron chi connectivity index (χ0n) is 15.2. The Bertz CT molecular complexity index is 1180. The predicted octanol–water partition coefficient (Wildman–Crippen LogP) is 3.20. The molecule has 0 atom stereocenters. The first kappa shape index (κ1) is 19.2. The van der Waals surface area contributed by atoms with Crippen molar-refractivity contribution in [2.45, 2.75) is 28.7 Å². The minimum Gasteiger partial charge on any atom is -0.468 e. The highest BCUT2D eigenvalue weighted by Gasteiger charge is 2.35. The monoisotopic (exact) mass is 419 g/mol. The number of furan rings is 1. The fourth-order valence-electron chi connectivity index (χ4n) is 3.62. The van der Waals surface area contributed by atoms with Crippen LogP contribution >= 0.6 is 0 Å². The van der Waals surface area contributed by atoms with E-state index in [1.165, 1.54) is 10.6 Å². The molecule has 1 fully saturated rings. The lowest BCUT2D eigenvalue weighted by molar-refractivity contribution is 0.345. The molecule has 4 rings (SSSR count). The van der Waals surface area contributed by atoms with E-state index in [0.29, 0.717) is 5.76 Å². The van der Waals surface area contributed by atoms with Crippen molar-refractivity contribution in [3.63, 3.8) is 0 Å². The predicted molar refractivity (Wildman–Crippen MR) is 107 cm³/mol. The van der Waals surface area contributed by atoms with Crippen molar-refractivity contribution in [2.24, 2.45) is 0 Å². The molecule has 3 aromatic rings. The van der Waals surface area contributed by atoms with E-state index in [2.05, 4.69) is 0 Å². The molecule has 0 unspecified atom stereocenters. The highest BCUT2D eigenvalue weighted by Crippen LogP contribution is 2.27. The van der Waals surface area contributed by atoms with Crippen LogP contribution in [0, 0.1) is 0 Å². The van der Waals surface area contributed by atoms with Gasteiger partial charge in [-0.1, -0.05) is 30.3 Å². The summed E-state index contributed by atoms with van der Waals surface area (Å²) in [5.74, 6) is 0.258. The molecule has 0 spiro atoms. The number of piperidine rings is 1. The largest absolute Gasteiger partial charge is 0.468 e. The SMILES string of the molecule is O=S(=O)(Cc1ccco1)C1CCN(S(=O)(=O)c2ccc3ccccc3c2)CC1. The standard InChI is InChI=1S/C20H21NO5S2/c22-27(23,15-18-6-3-13-26-18)19-9-11-21(12-10-19)28(24,25)20-8-7-16-4-1-2-5-17(16)14-20/h1-8,13-14,19H,9-12,15H2. The van der Waals surface area contributed by atoms with Gasteiger partial charge in [-0.25, -0.2) is 16.8 Å². The van der Waals surface area contributed by atoms with Gasteiger partial charge in [0, 0.05) is 13.1 Å². The van der Waals surface area contributed by atoms with Crippen molar-refractivity contribution < 1.29 is 21.3 Å². The van der Waals surface area contributed by atoms with E-state index >= 15 is 0 Å². The third-order valence-electron chi connectivity index (χ3n) is 5.19. The van der Waals surface area contributed by atoms with Gasteiger partial charge in [0.25, 0.3) is 0 Å². The van der Waals surface area contributed by atoms with Gasteiger partial charge in [0.15, 0.2) is 9.84 Å². The van der Waals surface area contributed by atoms with Crippen molar-refractivity contribution in [3.8, 4) is 0 Å². The molecule has 0 N–H and O–H groups in total. The van der Waals surface area contributed by atoms with Crippen LogP contribution in [-0.2, 0) is 25.6 Å². The number of hydrogen-bond donors (Lipinski definition) is 0. The zero-order chi connectivity index (χ0) is 19.8. The Balaban J connectivity index is 1.49. The van der Waals surface area contributed by atoms with Crippen LogP contribution in [0.1, 0.15) is 18.6 Å². The number of sulfone groups is 1. The summed E-state index contributed by atoms with van der Waals surface area (Å²) >= 11 is 0. The zero-order valence-corrected chi connectivity index (χ0v) is 16.8. The van der Waals surface area contributed by atoms with E-state index in [9.17, 15) is 16.8 Å². The Morgan fingerprint density at radius 2 is 1.61 bits per heavy atom. The van der Waals surface area contributed by atoms with Crippen LogP contribution in [0.4, 0.5) is 0 Å². The van der Waals surface area contributed by atoms with Crippen molar-refractivity contribution in [1.82, 2.24) is 4.31 Å². The lowest BCUT2D eigenvalue weighted by Crippen LogP contribution is -2.42. The maximum Gasteiger partial charge on any atom is 0.243 e. The Morgan fingerprint density at radius 3 is 2.29 bits per heavy atom. The van der Waals surface area contributed by atoms with E-state index in [1.807, 2.05) is 24.3 Å². The normalized spacial score (nSPS) is 17.1. The van der Waals surface area contributed by atoms with Crippen LogP contribution in [0.3, 0.4) is 0 Å². The fraction of sp³-hybridized carbons (Fsp3) is 0.300. The molecular formula is C20H21NO5S2. The van der Waals surface area contributed by atoms with Crippen molar-refractivity contribution in [1.29, 1.82) is 0 Å². The highest BCUT2D eigenvalue weighted by molar-refractivity contribution is 7.91. The Labute approximate surface area is 164 Å². The van der Waals surface area contributed by atoms with E-state index in [4.69, 9.17) is 4.42 Å².